The summed E-state index contributed by atoms with van der Waals surface area (Å²) >= 11 is 0. The molecule has 2 aromatic heterocycles. The van der Waals surface area contributed by atoms with Crippen LogP contribution in [0.1, 0.15) is 42.3 Å². The molecule has 2 heterocycles. The molecule has 0 bridgehead atoms. The van der Waals surface area contributed by atoms with E-state index in [9.17, 15) is 0 Å². The molecule has 0 aliphatic rings. The van der Waals surface area contributed by atoms with E-state index in [1.807, 2.05) is 48.5 Å². The summed E-state index contributed by atoms with van der Waals surface area (Å²) in [4.78, 5) is 8.62. The Bertz CT molecular complexity index is 922. The van der Waals surface area contributed by atoms with Crippen LogP contribution >= 0.6 is 0 Å². The molecular weight excluding hydrogens is 366 g/mol. The van der Waals surface area contributed by atoms with Crippen LogP contribution in [-0.4, -0.2) is 23.1 Å². The third-order valence-electron chi connectivity index (χ3n) is 4.34. The molecule has 0 fully saturated rings. The lowest BCUT2D eigenvalue weighted by molar-refractivity contribution is 0.290. The number of nitrogens with zero attached hydrogens (tertiary/aromatic N) is 3. The van der Waals surface area contributed by atoms with Gasteiger partial charge in [-0.15, -0.1) is 0 Å². The number of benzene rings is 1. The van der Waals surface area contributed by atoms with Crippen molar-refractivity contribution in [2.24, 2.45) is 4.99 Å². The molecule has 0 radical (unpaired) electrons. The SMILES string of the molecule is CN=C(NCc1cc(C(C)C)no1)NCc1cccnc1OCc1ccccc1. The fourth-order valence-corrected chi connectivity index (χ4v) is 2.67. The minimum atomic E-state index is 0.338. The van der Waals surface area contributed by atoms with Gasteiger partial charge in [0.05, 0.1) is 12.2 Å². The Hall–Kier alpha value is -3.35. The average molecular weight is 393 g/mol. The number of aromatic nitrogens is 2. The Kier molecular flexibility index (Phi) is 7.22. The van der Waals surface area contributed by atoms with Gasteiger partial charge in [0.25, 0.3) is 0 Å². The van der Waals surface area contributed by atoms with Crippen LogP contribution in [-0.2, 0) is 19.7 Å². The van der Waals surface area contributed by atoms with Crippen molar-refractivity contribution in [2.75, 3.05) is 7.05 Å². The Morgan fingerprint density at radius 2 is 1.90 bits per heavy atom. The molecule has 0 aliphatic carbocycles. The first-order valence-electron chi connectivity index (χ1n) is 9.66. The molecule has 29 heavy (non-hydrogen) atoms. The average Bonchev–Trinajstić information content (AvgIpc) is 3.23. The molecule has 0 amide bonds. The predicted molar refractivity (Wildman–Crippen MR) is 113 cm³/mol. The molecular formula is C22H27N5O2. The van der Waals surface area contributed by atoms with Crippen molar-refractivity contribution >= 4 is 5.96 Å². The second-order valence-corrected chi connectivity index (χ2v) is 6.89. The third kappa shape index (κ3) is 6.07. The molecule has 3 aromatic rings. The van der Waals surface area contributed by atoms with Gasteiger partial charge >= 0.3 is 0 Å². The van der Waals surface area contributed by atoms with Gasteiger partial charge in [-0.3, -0.25) is 4.99 Å². The van der Waals surface area contributed by atoms with E-state index in [0.717, 1.165) is 22.6 Å². The largest absolute Gasteiger partial charge is 0.473 e. The molecule has 0 aliphatic heterocycles. The van der Waals surface area contributed by atoms with E-state index in [1.165, 1.54) is 0 Å². The number of hydrogen-bond acceptors (Lipinski definition) is 5. The molecule has 1 aromatic carbocycles. The minimum Gasteiger partial charge on any atom is -0.473 e. The van der Waals surface area contributed by atoms with E-state index in [1.54, 1.807) is 13.2 Å². The minimum absolute atomic E-state index is 0.338. The molecule has 2 N–H and O–H groups in total. The molecule has 0 atom stereocenters. The maximum atomic E-state index is 5.91. The van der Waals surface area contributed by atoms with Gasteiger partial charge in [0.2, 0.25) is 5.88 Å². The molecule has 0 spiro atoms. The molecule has 0 saturated carbocycles. The summed E-state index contributed by atoms with van der Waals surface area (Å²) < 4.78 is 11.3. The standard InChI is InChI=1S/C22H27N5O2/c1-16(2)20-12-19(29-27-20)14-26-22(23-3)25-13-18-10-7-11-24-21(18)28-15-17-8-5-4-6-9-17/h4-12,16H,13-15H2,1-3H3,(H2,23,25,26). The van der Waals surface area contributed by atoms with Crippen LogP contribution in [0.15, 0.2) is 64.2 Å². The lowest BCUT2D eigenvalue weighted by atomic mass is 10.1. The summed E-state index contributed by atoms with van der Waals surface area (Å²) in [5.41, 5.74) is 3.00. The maximum Gasteiger partial charge on any atom is 0.218 e. The number of aliphatic imine (C=N–C) groups is 1. The van der Waals surface area contributed by atoms with Gasteiger partial charge < -0.3 is 19.9 Å². The van der Waals surface area contributed by atoms with E-state index < -0.39 is 0 Å². The predicted octanol–water partition coefficient (Wildman–Crippen LogP) is 3.64. The van der Waals surface area contributed by atoms with Crippen molar-refractivity contribution in [3.05, 3.63) is 77.3 Å². The quantitative estimate of drug-likeness (QED) is 0.449. The lowest BCUT2D eigenvalue weighted by Gasteiger charge is -2.13. The molecule has 7 nitrogen and oxygen atoms in total. The molecule has 152 valence electrons. The first-order chi connectivity index (χ1) is 14.2. The Balaban J connectivity index is 1.53. The van der Waals surface area contributed by atoms with Crippen LogP contribution < -0.4 is 15.4 Å². The van der Waals surface area contributed by atoms with E-state index in [2.05, 4.69) is 39.6 Å². The highest BCUT2D eigenvalue weighted by Gasteiger charge is 2.09. The Labute approximate surface area is 171 Å². The van der Waals surface area contributed by atoms with Gasteiger partial charge in [0.1, 0.15) is 6.61 Å². The van der Waals surface area contributed by atoms with Crippen molar-refractivity contribution in [2.45, 2.75) is 39.5 Å². The molecule has 0 saturated heterocycles. The summed E-state index contributed by atoms with van der Waals surface area (Å²) in [7, 11) is 1.73. The fraction of sp³-hybridized carbons (Fsp3) is 0.318. The van der Waals surface area contributed by atoms with Crippen molar-refractivity contribution in [3.63, 3.8) is 0 Å². The van der Waals surface area contributed by atoms with Crippen LogP contribution in [0.2, 0.25) is 0 Å². The van der Waals surface area contributed by atoms with Crippen molar-refractivity contribution in [1.29, 1.82) is 0 Å². The first kappa shape index (κ1) is 20.4. The zero-order valence-electron chi connectivity index (χ0n) is 17.1. The van der Waals surface area contributed by atoms with E-state index in [4.69, 9.17) is 9.26 Å². The highest BCUT2D eigenvalue weighted by molar-refractivity contribution is 5.79. The van der Waals surface area contributed by atoms with Gasteiger partial charge in [0, 0.05) is 31.4 Å². The van der Waals surface area contributed by atoms with Crippen molar-refractivity contribution in [3.8, 4) is 5.88 Å². The van der Waals surface area contributed by atoms with E-state index in [0.29, 0.717) is 37.5 Å². The van der Waals surface area contributed by atoms with Crippen molar-refractivity contribution in [1.82, 2.24) is 20.8 Å². The van der Waals surface area contributed by atoms with Crippen LogP contribution in [0, 0.1) is 0 Å². The van der Waals surface area contributed by atoms with Gasteiger partial charge in [-0.2, -0.15) is 0 Å². The normalized spacial score (nSPS) is 11.5. The molecule has 0 unspecified atom stereocenters. The highest BCUT2D eigenvalue weighted by atomic mass is 16.5. The summed E-state index contributed by atoms with van der Waals surface area (Å²) in [6.07, 6.45) is 1.73. The Morgan fingerprint density at radius 3 is 2.62 bits per heavy atom. The monoisotopic (exact) mass is 393 g/mol. The van der Waals surface area contributed by atoms with Crippen LogP contribution in [0.25, 0.3) is 0 Å². The summed E-state index contributed by atoms with van der Waals surface area (Å²) in [6.45, 7) is 5.68. The third-order valence-corrected chi connectivity index (χ3v) is 4.34. The topological polar surface area (TPSA) is 84.6 Å². The molecule has 3 rings (SSSR count). The van der Waals surface area contributed by atoms with Gasteiger partial charge in [-0.1, -0.05) is 55.4 Å². The lowest BCUT2D eigenvalue weighted by Crippen LogP contribution is -2.36. The number of guanidine groups is 1. The smallest absolute Gasteiger partial charge is 0.218 e. The number of ether oxygens (including phenoxy) is 1. The van der Waals surface area contributed by atoms with Gasteiger partial charge in [-0.05, 0) is 17.5 Å². The van der Waals surface area contributed by atoms with Gasteiger partial charge in [-0.25, -0.2) is 4.98 Å². The first-order valence-corrected chi connectivity index (χ1v) is 9.66. The zero-order chi connectivity index (χ0) is 20.5. The summed E-state index contributed by atoms with van der Waals surface area (Å²) in [5.74, 6) is 2.37. The summed E-state index contributed by atoms with van der Waals surface area (Å²) in [6, 6.07) is 15.9. The number of hydrogen-bond donors (Lipinski definition) is 2. The highest BCUT2D eigenvalue weighted by Crippen LogP contribution is 2.16. The molecule has 7 heteroatoms. The van der Waals surface area contributed by atoms with Crippen LogP contribution in [0.4, 0.5) is 0 Å². The fourth-order valence-electron chi connectivity index (χ4n) is 2.67. The second-order valence-electron chi connectivity index (χ2n) is 6.89. The van der Waals surface area contributed by atoms with Crippen LogP contribution in [0.5, 0.6) is 5.88 Å². The van der Waals surface area contributed by atoms with E-state index >= 15 is 0 Å². The van der Waals surface area contributed by atoms with E-state index in [-0.39, 0.29) is 0 Å². The number of nitrogens with one attached hydrogen (secondary N) is 2. The Morgan fingerprint density at radius 1 is 1.10 bits per heavy atom. The van der Waals surface area contributed by atoms with Crippen LogP contribution in [0.3, 0.4) is 0 Å². The zero-order valence-corrected chi connectivity index (χ0v) is 17.1. The number of rotatable bonds is 8. The van der Waals surface area contributed by atoms with Crippen molar-refractivity contribution < 1.29 is 9.26 Å². The second kappa shape index (κ2) is 10.3. The maximum absolute atomic E-state index is 5.91. The van der Waals surface area contributed by atoms with Gasteiger partial charge in [0.15, 0.2) is 11.7 Å². The summed E-state index contributed by atoms with van der Waals surface area (Å²) in [5, 5.41) is 10.6. The number of pyridine rings is 1.